The van der Waals surface area contributed by atoms with Crippen molar-refractivity contribution in [3.05, 3.63) is 42.0 Å². The average Bonchev–Trinajstić information content (AvgIpc) is 2.53. The standard InChI is InChI=1S/C18H21NO4/c1-18(2,17(21)22)10-11-19-16(20)14-8-9-15(23-3)13-7-5-4-6-12(13)14/h4-9H,10-11H2,1-3H3,(H,19,20)(H,21,22). The summed E-state index contributed by atoms with van der Waals surface area (Å²) in [7, 11) is 1.59. The fraction of sp³-hybridized carbons (Fsp3) is 0.333. The van der Waals surface area contributed by atoms with E-state index in [-0.39, 0.29) is 5.91 Å². The largest absolute Gasteiger partial charge is 0.496 e. The molecule has 5 heteroatoms. The zero-order valence-electron chi connectivity index (χ0n) is 13.6. The van der Waals surface area contributed by atoms with Gasteiger partial charge in [-0.15, -0.1) is 0 Å². The van der Waals surface area contributed by atoms with E-state index in [1.807, 2.05) is 24.3 Å². The normalized spacial score (nSPS) is 11.3. The number of rotatable bonds is 6. The fourth-order valence-corrected chi connectivity index (χ4v) is 2.34. The van der Waals surface area contributed by atoms with Crippen molar-refractivity contribution in [3.8, 4) is 5.75 Å². The van der Waals surface area contributed by atoms with Gasteiger partial charge < -0.3 is 15.2 Å². The lowest BCUT2D eigenvalue weighted by atomic mass is 9.89. The Morgan fingerprint density at radius 2 is 1.78 bits per heavy atom. The van der Waals surface area contributed by atoms with Gasteiger partial charge in [0.25, 0.3) is 5.91 Å². The predicted octanol–water partition coefficient (Wildman–Crippen LogP) is 3.08. The topological polar surface area (TPSA) is 75.6 Å². The van der Waals surface area contributed by atoms with Crippen LogP contribution in [0.2, 0.25) is 0 Å². The molecule has 0 aliphatic rings. The van der Waals surface area contributed by atoms with Gasteiger partial charge in [-0.1, -0.05) is 24.3 Å². The van der Waals surface area contributed by atoms with Gasteiger partial charge in [-0.2, -0.15) is 0 Å². The number of hydrogen-bond donors (Lipinski definition) is 2. The fourth-order valence-electron chi connectivity index (χ4n) is 2.34. The monoisotopic (exact) mass is 315 g/mol. The average molecular weight is 315 g/mol. The van der Waals surface area contributed by atoms with E-state index in [2.05, 4.69) is 5.32 Å². The number of benzene rings is 2. The van der Waals surface area contributed by atoms with E-state index in [1.54, 1.807) is 33.1 Å². The Balaban J connectivity index is 2.18. The number of aliphatic carboxylic acids is 1. The lowest BCUT2D eigenvalue weighted by Crippen LogP contribution is -2.32. The molecule has 2 N–H and O–H groups in total. The van der Waals surface area contributed by atoms with Crippen molar-refractivity contribution in [2.24, 2.45) is 5.41 Å². The van der Waals surface area contributed by atoms with Crippen LogP contribution >= 0.6 is 0 Å². The minimum Gasteiger partial charge on any atom is -0.496 e. The first-order chi connectivity index (χ1) is 10.9. The summed E-state index contributed by atoms with van der Waals surface area (Å²) in [6.07, 6.45) is 0.363. The van der Waals surface area contributed by atoms with Gasteiger partial charge in [0.15, 0.2) is 0 Å². The van der Waals surface area contributed by atoms with Crippen LogP contribution in [0.1, 0.15) is 30.6 Å². The Labute approximate surface area is 135 Å². The molecule has 5 nitrogen and oxygen atoms in total. The number of hydrogen-bond acceptors (Lipinski definition) is 3. The van der Waals surface area contributed by atoms with Crippen LogP contribution in [-0.2, 0) is 4.79 Å². The smallest absolute Gasteiger partial charge is 0.309 e. The molecule has 0 heterocycles. The molecule has 0 saturated heterocycles. The molecular weight excluding hydrogens is 294 g/mol. The summed E-state index contributed by atoms with van der Waals surface area (Å²) in [5.74, 6) is -0.379. The molecule has 0 atom stereocenters. The van der Waals surface area contributed by atoms with Crippen molar-refractivity contribution in [2.75, 3.05) is 13.7 Å². The molecule has 0 bridgehead atoms. The van der Waals surface area contributed by atoms with E-state index >= 15 is 0 Å². The Morgan fingerprint density at radius 3 is 2.39 bits per heavy atom. The van der Waals surface area contributed by atoms with Gasteiger partial charge in [0.1, 0.15) is 5.75 Å². The SMILES string of the molecule is COc1ccc(C(=O)NCCC(C)(C)C(=O)O)c2ccccc12. The van der Waals surface area contributed by atoms with Gasteiger partial charge in [-0.3, -0.25) is 9.59 Å². The van der Waals surface area contributed by atoms with E-state index in [9.17, 15) is 9.59 Å². The summed E-state index contributed by atoms with van der Waals surface area (Å²) in [6, 6.07) is 11.0. The van der Waals surface area contributed by atoms with Crippen LogP contribution in [0.3, 0.4) is 0 Å². The number of carbonyl (C=O) groups is 2. The van der Waals surface area contributed by atoms with Gasteiger partial charge >= 0.3 is 5.97 Å². The number of carbonyl (C=O) groups excluding carboxylic acids is 1. The minimum atomic E-state index is -0.873. The summed E-state index contributed by atoms with van der Waals surface area (Å²) >= 11 is 0. The highest BCUT2D eigenvalue weighted by Gasteiger charge is 2.26. The first kappa shape index (κ1) is 16.8. The highest BCUT2D eigenvalue weighted by molar-refractivity contribution is 6.08. The number of carboxylic acid groups (broad SMARTS) is 1. The van der Waals surface area contributed by atoms with Crippen molar-refractivity contribution >= 4 is 22.6 Å². The highest BCUT2D eigenvalue weighted by Crippen LogP contribution is 2.28. The number of carboxylic acids is 1. The molecule has 0 saturated carbocycles. The molecule has 0 radical (unpaired) electrons. The first-order valence-corrected chi connectivity index (χ1v) is 7.44. The van der Waals surface area contributed by atoms with Gasteiger partial charge in [0.05, 0.1) is 12.5 Å². The Kier molecular flexibility index (Phi) is 4.89. The van der Waals surface area contributed by atoms with Crippen LogP contribution in [0.15, 0.2) is 36.4 Å². The number of fused-ring (bicyclic) bond motifs is 1. The molecule has 0 aromatic heterocycles. The third kappa shape index (κ3) is 3.62. The maximum atomic E-state index is 12.4. The molecule has 23 heavy (non-hydrogen) atoms. The summed E-state index contributed by atoms with van der Waals surface area (Å²) in [5.41, 5.74) is -0.315. The van der Waals surface area contributed by atoms with Crippen LogP contribution in [-0.4, -0.2) is 30.6 Å². The minimum absolute atomic E-state index is 0.218. The van der Waals surface area contributed by atoms with Crippen LogP contribution in [0.25, 0.3) is 10.8 Å². The highest BCUT2D eigenvalue weighted by atomic mass is 16.5. The Bertz CT molecular complexity index is 737. The second kappa shape index (κ2) is 6.69. The Hall–Kier alpha value is -2.56. The molecule has 0 aliphatic heterocycles. The van der Waals surface area contributed by atoms with Crippen LogP contribution in [0, 0.1) is 5.41 Å². The van der Waals surface area contributed by atoms with E-state index in [0.717, 1.165) is 10.8 Å². The van der Waals surface area contributed by atoms with Gasteiger partial charge in [-0.25, -0.2) is 0 Å². The molecule has 0 spiro atoms. The quantitative estimate of drug-likeness (QED) is 0.859. The van der Waals surface area contributed by atoms with E-state index in [4.69, 9.17) is 9.84 Å². The zero-order valence-corrected chi connectivity index (χ0v) is 13.6. The third-order valence-corrected chi connectivity index (χ3v) is 3.96. The maximum Gasteiger partial charge on any atom is 0.309 e. The van der Waals surface area contributed by atoms with Crippen molar-refractivity contribution in [2.45, 2.75) is 20.3 Å². The number of ether oxygens (including phenoxy) is 1. The summed E-state index contributed by atoms with van der Waals surface area (Å²) < 4.78 is 5.32. The second-order valence-electron chi connectivity index (χ2n) is 6.06. The van der Waals surface area contributed by atoms with Crippen LogP contribution in [0.4, 0.5) is 0 Å². The molecule has 2 rings (SSSR count). The van der Waals surface area contributed by atoms with E-state index in [1.165, 1.54) is 0 Å². The zero-order chi connectivity index (χ0) is 17.0. The number of amides is 1. The third-order valence-electron chi connectivity index (χ3n) is 3.96. The molecule has 2 aromatic rings. The first-order valence-electron chi connectivity index (χ1n) is 7.44. The summed E-state index contributed by atoms with van der Waals surface area (Å²) in [4.78, 5) is 23.5. The lowest BCUT2D eigenvalue weighted by Gasteiger charge is -2.19. The molecule has 0 fully saturated rings. The van der Waals surface area contributed by atoms with Crippen LogP contribution in [0.5, 0.6) is 5.75 Å². The molecule has 0 aliphatic carbocycles. The van der Waals surface area contributed by atoms with Crippen LogP contribution < -0.4 is 10.1 Å². The van der Waals surface area contributed by atoms with Gasteiger partial charge in [-0.05, 0) is 37.8 Å². The van der Waals surface area contributed by atoms with Crippen molar-refractivity contribution in [3.63, 3.8) is 0 Å². The lowest BCUT2D eigenvalue weighted by molar-refractivity contribution is -0.147. The van der Waals surface area contributed by atoms with Gasteiger partial charge in [0.2, 0.25) is 0 Å². The summed E-state index contributed by atoms with van der Waals surface area (Å²) in [5, 5.41) is 13.6. The maximum absolute atomic E-state index is 12.4. The Morgan fingerprint density at radius 1 is 1.13 bits per heavy atom. The van der Waals surface area contributed by atoms with E-state index < -0.39 is 11.4 Å². The number of methoxy groups -OCH3 is 1. The summed E-state index contributed by atoms with van der Waals surface area (Å²) in [6.45, 7) is 3.59. The second-order valence-corrected chi connectivity index (χ2v) is 6.06. The predicted molar refractivity (Wildman–Crippen MR) is 88.9 cm³/mol. The molecule has 0 unspecified atom stereocenters. The molecule has 2 aromatic carbocycles. The van der Waals surface area contributed by atoms with Crippen molar-refractivity contribution in [1.29, 1.82) is 0 Å². The van der Waals surface area contributed by atoms with Crippen molar-refractivity contribution < 1.29 is 19.4 Å². The molecular formula is C18H21NO4. The van der Waals surface area contributed by atoms with Crippen molar-refractivity contribution in [1.82, 2.24) is 5.32 Å². The van der Waals surface area contributed by atoms with Gasteiger partial charge in [0, 0.05) is 17.5 Å². The van der Waals surface area contributed by atoms with E-state index in [0.29, 0.717) is 24.3 Å². The molecule has 122 valence electrons. The molecule has 1 amide bonds. The number of nitrogens with one attached hydrogen (secondary N) is 1.